The second-order valence-electron chi connectivity index (χ2n) is 11.0. The Morgan fingerprint density at radius 3 is 2.45 bits per heavy atom. The number of aliphatic hydroxyl groups is 2. The third-order valence-corrected chi connectivity index (χ3v) is 6.41. The first kappa shape index (κ1) is 32.1. The molecule has 2 aromatic heterocycles. The summed E-state index contributed by atoms with van der Waals surface area (Å²) in [6.07, 6.45) is 0.937. The summed E-state index contributed by atoms with van der Waals surface area (Å²) >= 11 is 0. The summed E-state index contributed by atoms with van der Waals surface area (Å²) in [6, 6.07) is 11.0. The molecule has 3 aromatic rings. The molecule has 1 atom stereocenters. The van der Waals surface area contributed by atoms with E-state index in [1.807, 2.05) is 18.2 Å². The molecule has 0 fully saturated rings. The number of amides is 3. The van der Waals surface area contributed by atoms with Gasteiger partial charge in [-0.25, -0.2) is 4.79 Å². The molecule has 42 heavy (non-hydrogen) atoms. The van der Waals surface area contributed by atoms with E-state index in [-0.39, 0.29) is 12.2 Å². The Bertz CT molecular complexity index is 1520. The van der Waals surface area contributed by atoms with E-state index in [9.17, 15) is 29.4 Å². The number of likely N-dealkylation sites (N-methyl/N-ethyl adjacent to an activating group) is 1. The van der Waals surface area contributed by atoms with Crippen LogP contribution in [-0.4, -0.2) is 87.6 Å². The molecule has 0 saturated carbocycles. The highest BCUT2D eigenvalue weighted by atomic mass is 16.6. The van der Waals surface area contributed by atoms with Crippen molar-refractivity contribution < 1.29 is 29.3 Å². The van der Waals surface area contributed by atoms with E-state index in [0.717, 1.165) is 40.1 Å². The number of aromatic amines is 1. The Balaban J connectivity index is 1.85. The number of ether oxygens (including phenoxy) is 1. The highest BCUT2D eigenvalue weighted by Gasteiger charge is 2.43. The van der Waals surface area contributed by atoms with Gasteiger partial charge in [-0.3, -0.25) is 14.4 Å². The van der Waals surface area contributed by atoms with Crippen LogP contribution in [0.25, 0.3) is 10.9 Å². The Morgan fingerprint density at radius 2 is 1.81 bits per heavy atom. The minimum absolute atomic E-state index is 0.154. The first-order valence-electron chi connectivity index (χ1n) is 13.5. The second-order valence-corrected chi connectivity index (χ2v) is 11.0. The molecular weight excluding hydrogens is 542 g/mol. The van der Waals surface area contributed by atoms with E-state index < -0.39 is 41.8 Å². The molecule has 1 aromatic carbocycles. The van der Waals surface area contributed by atoms with E-state index in [4.69, 9.17) is 4.74 Å². The van der Waals surface area contributed by atoms with Crippen molar-refractivity contribution in [1.82, 2.24) is 19.4 Å². The van der Waals surface area contributed by atoms with Crippen molar-refractivity contribution in [2.24, 2.45) is 5.92 Å². The van der Waals surface area contributed by atoms with Gasteiger partial charge in [0.15, 0.2) is 0 Å². The van der Waals surface area contributed by atoms with Crippen LogP contribution in [0.1, 0.15) is 31.5 Å². The van der Waals surface area contributed by atoms with Gasteiger partial charge in [0.1, 0.15) is 5.69 Å². The minimum Gasteiger partial charge on any atom is -0.430 e. The molecular formula is C30H39N5O7. The molecule has 1 unspecified atom stereocenters. The Morgan fingerprint density at radius 1 is 1.10 bits per heavy atom. The zero-order valence-electron chi connectivity index (χ0n) is 24.7. The molecule has 226 valence electrons. The molecule has 2 heterocycles. The average molecular weight is 582 g/mol. The zero-order chi connectivity index (χ0) is 31.2. The van der Waals surface area contributed by atoms with Crippen LogP contribution in [0.4, 0.5) is 10.5 Å². The van der Waals surface area contributed by atoms with Crippen molar-refractivity contribution in [3.63, 3.8) is 0 Å². The molecule has 4 N–H and O–H groups in total. The van der Waals surface area contributed by atoms with Crippen LogP contribution in [0.15, 0.2) is 59.5 Å². The molecule has 0 aliphatic carbocycles. The molecule has 0 aliphatic heterocycles. The number of aromatic nitrogens is 2. The third kappa shape index (κ3) is 8.08. The quantitative estimate of drug-likeness (QED) is 0.200. The van der Waals surface area contributed by atoms with Crippen molar-refractivity contribution in [3.8, 4) is 0 Å². The number of nitrogens with one attached hydrogen (secondary N) is 2. The van der Waals surface area contributed by atoms with Crippen LogP contribution < -0.4 is 10.9 Å². The van der Waals surface area contributed by atoms with Gasteiger partial charge >= 0.3 is 6.09 Å². The number of fused-ring (bicyclic) bond motifs is 1. The molecule has 0 saturated heterocycles. The molecule has 12 heteroatoms. The standard InChI is InChI=1S/C30H39N5O7/c1-19(2)16-20-10-7-11-21-17-22(31-25(20)21)18-35-15-9-12-23(28(35)38)32-27(37)26(42-29(39)34(5)6)30(40,41)14-8-13-24(36)33(3)4/h7-13,15,17,19,26,31,40-41H,14,16,18H2,1-6H3,(H,32,37)/b13-8+. The van der Waals surface area contributed by atoms with Gasteiger partial charge in [-0.15, -0.1) is 0 Å². The van der Waals surface area contributed by atoms with E-state index in [1.165, 1.54) is 49.3 Å². The number of rotatable bonds is 11. The van der Waals surface area contributed by atoms with Gasteiger partial charge in [-0.2, -0.15) is 0 Å². The molecule has 12 nitrogen and oxygen atoms in total. The molecule has 0 radical (unpaired) electrons. The van der Waals surface area contributed by atoms with Crippen molar-refractivity contribution in [3.05, 3.63) is 76.4 Å². The first-order valence-corrected chi connectivity index (χ1v) is 13.5. The lowest BCUT2D eigenvalue weighted by molar-refractivity contribution is -0.218. The Hall–Kier alpha value is -4.42. The molecule has 3 rings (SSSR count). The topological polar surface area (TPSA) is 157 Å². The largest absolute Gasteiger partial charge is 0.430 e. The van der Waals surface area contributed by atoms with Gasteiger partial charge in [-0.1, -0.05) is 38.1 Å². The maximum absolute atomic E-state index is 13.3. The smallest absolute Gasteiger partial charge is 0.410 e. The van der Waals surface area contributed by atoms with Gasteiger partial charge in [0.05, 0.1) is 6.54 Å². The van der Waals surface area contributed by atoms with Gasteiger partial charge < -0.3 is 39.6 Å². The maximum Gasteiger partial charge on any atom is 0.410 e. The summed E-state index contributed by atoms with van der Waals surface area (Å²) in [5.41, 5.74) is 2.26. The van der Waals surface area contributed by atoms with Gasteiger partial charge in [-0.05, 0) is 47.6 Å². The lowest BCUT2D eigenvalue weighted by Crippen LogP contribution is -2.53. The molecule has 3 amide bonds. The Labute approximate surface area is 244 Å². The van der Waals surface area contributed by atoms with Crippen LogP contribution in [0.3, 0.4) is 0 Å². The fourth-order valence-corrected chi connectivity index (χ4v) is 4.26. The summed E-state index contributed by atoms with van der Waals surface area (Å²) in [5.74, 6) is -3.99. The SMILES string of the molecule is CC(C)Cc1cccc2cc(Cn3cccc(NC(=O)C(OC(=O)N(C)C)C(O)(O)C/C=C/C(=O)N(C)C)c3=O)[nH]c12. The fourth-order valence-electron chi connectivity index (χ4n) is 4.26. The number of para-hydroxylation sites is 1. The third-order valence-electron chi connectivity index (χ3n) is 6.41. The summed E-state index contributed by atoms with van der Waals surface area (Å²) < 4.78 is 6.48. The summed E-state index contributed by atoms with van der Waals surface area (Å²) in [7, 11) is 5.74. The van der Waals surface area contributed by atoms with Gasteiger partial charge in [0, 0.05) is 52.0 Å². The summed E-state index contributed by atoms with van der Waals surface area (Å²) in [5, 5.41) is 24.8. The first-order chi connectivity index (χ1) is 19.7. The minimum atomic E-state index is -2.90. The summed E-state index contributed by atoms with van der Waals surface area (Å²) in [4.78, 5) is 56.2. The fraction of sp³-hybridized carbons (Fsp3) is 0.400. The van der Waals surface area contributed by atoms with Crippen molar-refractivity contribution >= 4 is 34.5 Å². The highest BCUT2D eigenvalue weighted by Crippen LogP contribution is 2.23. The molecule has 0 aliphatic rings. The van der Waals surface area contributed by atoms with Crippen molar-refractivity contribution in [2.75, 3.05) is 33.5 Å². The summed E-state index contributed by atoms with van der Waals surface area (Å²) in [6.45, 7) is 4.48. The normalized spacial score (nSPS) is 12.5. The number of pyridine rings is 1. The van der Waals surface area contributed by atoms with Crippen LogP contribution in [0, 0.1) is 5.92 Å². The maximum atomic E-state index is 13.3. The van der Waals surface area contributed by atoms with Crippen LogP contribution >= 0.6 is 0 Å². The second kappa shape index (κ2) is 13.5. The number of benzene rings is 1. The molecule has 0 bridgehead atoms. The van der Waals surface area contributed by atoms with Crippen molar-refractivity contribution in [2.45, 2.75) is 45.1 Å². The predicted molar refractivity (Wildman–Crippen MR) is 159 cm³/mol. The monoisotopic (exact) mass is 581 g/mol. The number of nitrogens with zero attached hydrogens (tertiary/aromatic N) is 3. The van der Waals surface area contributed by atoms with E-state index in [1.54, 1.807) is 12.3 Å². The number of anilines is 1. The predicted octanol–water partition coefficient (Wildman–Crippen LogP) is 2.30. The lowest BCUT2D eigenvalue weighted by atomic mass is 10.0. The lowest BCUT2D eigenvalue weighted by Gasteiger charge is -2.30. The highest BCUT2D eigenvalue weighted by molar-refractivity contribution is 5.96. The number of hydrogen-bond donors (Lipinski definition) is 4. The van der Waals surface area contributed by atoms with Crippen LogP contribution in [-0.2, 0) is 27.3 Å². The number of hydrogen-bond acceptors (Lipinski definition) is 7. The van der Waals surface area contributed by atoms with E-state index >= 15 is 0 Å². The number of H-pyrrole nitrogens is 1. The van der Waals surface area contributed by atoms with E-state index in [2.05, 4.69) is 30.2 Å². The average Bonchev–Trinajstić information content (AvgIpc) is 3.32. The number of carbonyl (C=O) groups is 3. The van der Waals surface area contributed by atoms with Crippen LogP contribution in [0.5, 0.6) is 0 Å². The van der Waals surface area contributed by atoms with E-state index in [0.29, 0.717) is 5.92 Å². The number of carbonyl (C=O) groups excluding carboxylic acids is 3. The van der Waals surface area contributed by atoms with Crippen molar-refractivity contribution in [1.29, 1.82) is 0 Å². The zero-order valence-corrected chi connectivity index (χ0v) is 24.7. The molecule has 0 spiro atoms. The van der Waals surface area contributed by atoms with Crippen LogP contribution in [0.2, 0.25) is 0 Å². The van der Waals surface area contributed by atoms with Gasteiger partial charge in [0.25, 0.3) is 11.5 Å². The van der Waals surface area contributed by atoms with Gasteiger partial charge in [0.2, 0.25) is 17.8 Å². The Kier molecular flexibility index (Phi) is 10.3.